The van der Waals surface area contributed by atoms with Gasteiger partial charge >= 0.3 is 0 Å². The van der Waals surface area contributed by atoms with Gasteiger partial charge in [-0.2, -0.15) is 0 Å². The third-order valence-electron chi connectivity index (χ3n) is 4.47. The molecule has 0 spiro atoms. The standard InChI is InChI=1S/C18H18N4OS/c1-12-15(17(21-23-12)13-5-3-2-4-6-13)11-22-8-7-16-14(10-22)9-19-18(24)20-16/h2-6,9H,7-8,10-11H2,1H3,(H,19,20,24). The van der Waals surface area contributed by atoms with E-state index in [4.69, 9.17) is 16.7 Å². The minimum absolute atomic E-state index is 0.559. The Balaban J connectivity index is 1.60. The number of fused-ring (bicyclic) bond motifs is 1. The van der Waals surface area contributed by atoms with Gasteiger partial charge in [0.2, 0.25) is 0 Å². The fourth-order valence-corrected chi connectivity index (χ4v) is 3.34. The Kier molecular flexibility index (Phi) is 4.00. The number of aromatic amines is 1. The molecule has 0 saturated heterocycles. The number of hydrogen-bond acceptors (Lipinski definition) is 5. The summed E-state index contributed by atoms with van der Waals surface area (Å²) in [6.45, 7) is 4.62. The van der Waals surface area contributed by atoms with Crippen molar-refractivity contribution >= 4 is 12.2 Å². The first kappa shape index (κ1) is 15.2. The zero-order valence-corrected chi connectivity index (χ0v) is 14.3. The van der Waals surface area contributed by atoms with Crippen molar-refractivity contribution in [2.24, 2.45) is 0 Å². The number of rotatable bonds is 3. The van der Waals surface area contributed by atoms with Crippen LogP contribution in [0, 0.1) is 11.7 Å². The second-order valence-electron chi connectivity index (χ2n) is 6.08. The number of H-pyrrole nitrogens is 1. The maximum atomic E-state index is 5.47. The van der Waals surface area contributed by atoms with E-state index in [9.17, 15) is 0 Å². The van der Waals surface area contributed by atoms with Crippen LogP contribution >= 0.6 is 12.2 Å². The van der Waals surface area contributed by atoms with Crippen molar-refractivity contribution in [1.29, 1.82) is 0 Å². The molecule has 1 N–H and O–H groups in total. The first-order valence-corrected chi connectivity index (χ1v) is 8.41. The molecule has 5 nitrogen and oxygen atoms in total. The number of nitrogens with zero attached hydrogens (tertiary/aromatic N) is 3. The molecule has 1 aromatic carbocycles. The summed E-state index contributed by atoms with van der Waals surface area (Å²) in [5.74, 6) is 0.880. The fraction of sp³-hybridized carbons (Fsp3) is 0.278. The summed E-state index contributed by atoms with van der Waals surface area (Å²) in [5, 5.41) is 4.27. The molecular weight excluding hydrogens is 320 g/mol. The Hall–Kier alpha value is -2.31. The highest BCUT2D eigenvalue weighted by molar-refractivity contribution is 7.71. The van der Waals surface area contributed by atoms with Crippen LogP contribution in [0.4, 0.5) is 0 Å². The minimum atomic E-state index is 0.559. The summed E-state index contributed by atoms with van der Waals surface area (Å²) < 4.78 is 6.03. The van der Waals surface area contributed by atoms with Crippen LogP contribution in [0.2, 0.25) is 0 Å². The third kappa shape index (κ3) is 2.90. The van der Waals surface area contributed by atoms with Crippen LogP contribution in [0.1, 0.15) is 22.6 Å². The second kappa shape index (κ2) is 6.30. The molecule has 4 rings (SSSR count). The van der Waals surface area contributed by atoms with Crippen molar-refractivity contribution in [2.75, 3.05) is 6.54 Å². The van der Waals surface area contributed by atoms with E-state index in [0.29, 0.717) is 4.77 Å². The van der Waals surface area contributed by atoms with E-state index < -0.39 is 0 Å². The SMILES string of the molecule is Cc1onc(-c2ccccc2)c1CN1CCc2[nH]c(=S)ncc2C1. The predicted molar refractivity (Wildman–Crippen MR) is 93.9 cm³/mol. The summed E-state index contributed by atoms with van der Waals surface area (Å²) in [4.78, 5) is 9.81. The van der Waals surface area contributed by atoms with Crippen LogP contribution in [0.3, 0.4) is 0 Å². The summed E-state index contributed by atoms with van der Waals surface area (Å²) >= 11 is 5.11. The van der Waals surface area contributed by atoms with Gasteiger partial charge in [0.15, 0.2) is 4.77 Å². The van der Waals surface area contributed by atoms with Gasteiger partial charge in [0.25, 0.3) is 0 Å². The maximum absolute atomic E-state index is 5.47. The predicted octanol–water partition coefficient (Wildman–Crippen LogP) is 3.66. The highest BCUT2D eigenvalue weighted by Crippen LogP contribution is 2.28. The first-order chi connectivity index (χ1) is 11.7. The average Bonchev–Trinajstić information content (AvgIpc) is 2.96. The molecule has 122 valence electrons. The molecule has 0 atom stereocenters. The summed E-state index contributed by atoms with van der Waals surface area (Å²) in [6.07, 6.45) is 2.84. The van der Waals surface area contributed by atoms with E-state index in [1.54, 1.807) is 0 Å². The number of aryl methyl sites for hydroxylation is 1. The molecule has 0 saturated carbocycles. The molecule has 0 amide bonds. The Morgan fingerprint density at radius 1 is 1.29 bits per heavy atom. The normalized spacial score (nSPS) is 14.5. The number of aromatic nitrogens is 3. The van der Waals surface area contributed by atoms with E-state index >= 15 is 0 Å². The summed E-state index contributed by atoms with van der Waals surface area (Å²) in [5.41, 5.74) is 5.60. The largest absolute Gasteiger partial charge is 0.361 e. The molecule has 0 fully saturated rings. The van der Waals surface area contributed by atoms with E-state index in [1.165, 1.54) is 11.3 Å². The molecule has 3 aromatic rings. The first-order valence-electron chi connectivity index (χ1n) is 8.00. The quantitative estimate of drug-likeness (QED) is 0.739. The van der Waals surface area contributed by atoms with E-state index in [-0.39, 0.29) is 0 Å². The minimum Gasteiger partial charge on any atom is -0.361 e. The molecule has 6 heteroatoms. The average molecular weight is 338 g/mol. The second-order valence-corrected chi connectivity index (χ2v) is 6.47. The zero-order chi connectivity index (χ0) is 16.5. The monoisotopic (exact) mass is 338 g/mol. The lowest BCUT2D eigenvalue weighted by Crippen LogP contribution is -2.31. The molecule has 24 heavy (non-hydrogen) atoms. The van der Waals surface area contributed by atoms with Crippen molar-refractivity contribution in [3.8, 4) is 11.3 Å². The molecular formula is C18H18N4OS. The van der Waals surface area contributed by atoms with E-state index in [2.05, 4.69) is 32.2 Å². The fourth-order valence-electron chi connectivity index (χ4n) is 3.16. The van der Waals surface area contributed by atoms with Crippen LogP contribution in [-0.4, -0.2) is 26.6 Å². The van der Waals surface area contributed by atoms with Crippen molar-refractivity contribution in [1.82, 2.24) is 20.0 Å². The Labute approximate surface area is 145 Å². The van der Waals surface area contributed by atoms with Crippen LogP contribution in [0.5, 0.6) is 0 Å². The van der Waals surface area contributed by atoms with Crippen LogP contribution < -0.4 is 0 Å². The number of hydrogen-bond donors (Lipinski definition) is 1. The van der Waals surface area contributed by atoms with Gasteiger partial charge in [-0.05, 0) is 19.1 Å². The molecule has 2 aromatic heterocycles. The van der Waals surface area contributed by atoms with Crippen molar-refractivity contribution in [3.05, 3.63) is 63.9 Å². The highest BCUT2D eigenvalue weighted by atomic mass is 32.1. The van der Waals surface area contributed by atoms with Crippen molar-refractivity contribution in [2.45, 2.75) is 26.4 Å². The highest BCUT2D eigenvalue weighted by Gasteiger charge is 2.21. The van der Waals surface area contributed by atoms with Crippen LogP contribution in [0.15, 0.2) is 41.1 Å². The maximum Gasteiger partial charge on any atom is 0.196 e. The van der Waals surface area contributed by atoms with Crippen molar-refractivity contribution in [3.63, 3.8) is 0 Å². The molecule has 0 aliphatic carbocycles. The van der Waals surface area contributed by atoms with Crippen LogP contribution in [-0.2, 0) is 19.5 Å². The molecule has 0 bridgehead atoms. The molecule has 3 heterocycles. The van der Waals surface area contributed by atoms with Gasteiger partial charge in [0.05, 0.1) is 0 Å². The summed E-state index contributed by atoms with van der Waals surface area (Å²) in [7, 11) is 0. The van der Waals surface area contributed by atoms with Gasteiger partial charge in [-0.15, -0.1) is 0 Å². The molecule has 1 aliphatic rings. The Morgan fingerprint density at radius 2 is 2.12 bits per heavy atom. The third-order valence-corrected chi connectivity index (χ3v) is 4.68. The van der Waals surface area contributed by atoms with Gasteiger partial charge in [-0.1, -0.05) is 35.5 Å². The van der Waals surface area contributed by atoms with Crippen molar-refractivity contribution < 1.29 is 4.52 Å². The van der Waals surface area contributed by atoms with Gasteiger partial charge in [0, 0.05) is 54.6 Å². The number of nitrogens with one attached hydrogen (secondary N) is 1. The Bertz CT molecular complexity index is 916. The lowest BCUT2D eigenvalue weighted by atomic mass is 10.0. The number of benzene rings is 1. The molecule has 1 aliphatic heterocycles. The van der Waals surface area contributed by atoms with Gasteiger partial charge in [-0.3, -0.25) is 4.90 Å². The van der Waals surface area contributed by atoms with E-state index in [0.717, 1.165) is 48.6 Å². The van der Waals surface area contributed by atoms with Gasteiger partial charge in [0.1, 0.15) is 11.5 Å². The van der Waals surface area contributed by atoms with E-state index in [1.807, 2.05) is 31.3 Å². The molecule has 0 radical (unpaired) electrons. The lowest BCUT2D eigenvalue weighted by molar-refractivity contribution is 0.241. The van der Waals surface area contributed by atoms with Crippen LogP contribution in [0.25, 0.3) is 11.3 Å². The topological polar surface area (TPSA) is 58.0 Å². The summed E-state index contributed by atoms with van der Waals surface area (Å²) in [6, 6.07) is 10.2. The van der Waals surface area contributed by atoms with Gasteiger partial charge < -0.3 is 9.51 Å². The zero-order valence-electron chi connectivity index (χ0n) is 13.5. The smallest absolute Gasteiger partial charge is 0.196 e. The molecule has 0 unspecified atom stereocenters. The Morgan fingerprint density at radius 3 is 2.96 bits per heavy atom. The lowest BCUT2D eigenvalue weighted by Gasteiger charge is -2.28. The van der Waals surface area contributed by atoms with Gasteiger partial charge in [-0.25, -0.2) is 4.98 Å².